The third-order valence-electron chi connectivity index (χ3n) is 7.33. The summed E-state index contributed by atoms with van der Waals surface area (Å²) in [7, 11) is 2.79. The van der Waals surface area contributed by atoms with Crippen LogP contribution in [-0.2, 0) is 16.1 Å². The summed E-state index contributed by atoms with van der Waals surface area (Å²) in [6.07, 6.45) is 3.80. The van der Waals surface area contributed by atoms with Gasteiger partial charge in [0, 0.05) is 12.6 Å². The first kappa shape index (κ1) is 26.9. The Morgan fingerprint density at radius 2 is 1.80 bits per heavy atom. The molecule has 0 saturated heterocycles. The molecule has 5 rings (SSSR count). The number of fused-ring (bicyclic) bond motifs is 1. The van der Waals surface area contributed by atoms with Crippen molar-refractivity contribution in [2.45, 2.75) is 38.3 Å². The number of nitrogens with one attached hydrogen (secondary N) is 1. The molecule has 1 fully saturated rings. The zero-order valence-electron chi connectivity index (χ0n) is 22.1. The highest BCUT2D eigenvalue weighted by molar-refractivity contribution is 5.96. The second-order valence-corrected chi connectivity index (χ2v) is 9.64. The summed E-state index contributed by atoms with van der Waals surface area (Å²) in [5, 5.41) is 2.76. The molecule has 2 heterocycles. The molecule has 0 atom stereocenters. The Morgan fingerprint density at radius 3 is 2.48 bits per heavy atom. The summed E-state index contributed by atoms with van der Waals surface area (Å²) < 4.78 is 26.8. The van der Waals surface area contributed by atoms with Gasteiger partial charge in [-0.3, -0.25) is 18.7 Å². The molecule has 0 radical (unpaired) electrons. The first-order chi connectivity index (χ1) is 19.3. The zero-order chi connectivity index (χ0) is 28.4. The molecular formula is C28H29FN6O5. The number of amides is 1. The number of carbonyl (C=O) groups excluding carboxylic acids is 2. The van der Waals surface area contributed by atoms with Gasteiger partial charge in [-0.2, -0.15) is 0 Å². The maximum Gasteiger partial charge on any atom is 0.335 e. The smallest absolute Gasteiger partial charge is 0.335 e. The molecule has 1 aliphatic rings. The molecule has 2 aromatic heterocycles. The number of carbonyl (C=O) groups is 2. The van der Waals surface area contributed by atoms with E-state index in [1.54, 1.807) is 28.8 Å². The average molecular weight is 549 g/mol. The van der Waals surface area contributed by atoms with E-state index in [1.807, 2.05) is 0 Å². The van der Waals surface area contributed by atoms with E-state index in [9.17, 15) is 18.8 Å². The lowest BCUT2D eigenvalue weighted by Gasteiger charge is -2.27. The monoisotopic (exact) mass is 548 g/mol. The van der Waals surface area contributed by atoms with Crippen molar-refractivity contribution in [1.82, 2.24) is 24.4 Å². The van der Waals surface area contributed by atoms with E-state index in [2.05, 4.69) is 15.3 Å². The van der Waals surface area contributed by atoms with Crippen molar-refractivity contribution in [1.29, 1.82) is 0 Å². The molecule has 0 bridgehead atoms. The quantitative estimate of drug-likeness (QED) is 0.335. The van der Waals surface area contributed by atoms with Crippen LogP contribution in [0.5, 0.6) is 5.75 Å². The zero-order valence-corrected chi connectivity index (χ0v) is 22.1. The molecule has 0 spiro atoms. The standard InChI is InChI=1S/C28H29FN6O5/c1-39-22-12-7-18(29)13-21(22)26(36)31-14-16-3-8-19(9-4-16)34-23-24(30)32-15-33-25(23)35(28(34)38)20-10-5-17(6-11-20)27(37)40-2/h3-4,7-9,12-13,15,17,20H,5-6,10-11,14H2,1-2H3,(H,31,36)(H2,30,32,33). The Morgan fingerprint density at radius 1 is 1.07 bits per heavy atom. The minimum absolute atomic E-state index is 0.0922. The molecule has 1 aliphatic carbocycles. The number of esters is 1. The summed E-state index contributed by atoms with van der Waals surface area (Å²) in [6.45, 7) is 0.171. The highest BCUT2D eigenvalue weighted by Gasteiger charge is 2.31. The van der Waals surface area contributed by atoms with Crippen LogP contribution in [0.25, 0.3) is 16.9 Å². The van der Waals surface area contributed by atoms with E-state index in [0.717, 1.165) is 11.6 Å². The van der Waals surface area contributed by atoms with Crippen LogP contribution in [0, 0.1) is 11.7 Å². The lowest BCUT2D eigenvalue weighted by Crippen LogP contribution is -2.31. The maximum atomic E-state index is 13.8. The van der Waals surface area contributed by atoms with Gasteiger partial charge in [-0.25, -0.2) is 19.2 Å². The molecule has 208 valence electrons. The van der Waals surface area contributed by atoms with Gasteiger partial charge >= 0.3 is 11.7 Å². The summed E-state index contributed by atoms with van der Waals surface area (Å²) in [4.78, 5) is 46.9. The fraction of sp³-hybridized carbons (Fsp3) is 0.321. The molecule has 1 amide bonds. The fourth-order valence-corrected chi connectivity index (χ4v) is 5.27. The number of imidazole rings is 1. The van der Waals surface area contributed by atoms with Gasteiger partial charge in [0.1, 0.15) is 23.4 Å². The lowest BCUT2D eigenvalue weighted by atomic mass is 9.86. The third kappa shape index (κ3) is 4.99. The molecule has 1 saturated carbocycles. The van der Waals surface area contributed by atoms with Crippen LogP contribution in [0.2, 0.25) is 0 Å². The van der Waals surface area contributed by atoms with Gasteiger partial charge in [-0.1, -0.05) is 12.1 Å². The summed E-state index contributed by atoms with van der Waals surface area (Å²) in [5.74, 6) is -0.995. The number of nitrogens with zero attached hydrogens (tertiary/aromatic N) is 4. The molecule has 11 nitrogen and oxygen atoms in total. The van der Waals surface area contributed by atoms with Gasteiger partial charge in [0.2, 0.25) is 0 Å². The van der Waals surface area contributed by atoms with Crippen LogP contribution in [0.15, 0.2) is 53.6 Å². The van der Waals surface area contributed by atoms with Crippen LogP contribution < -0.4 is 21.5 Å². The normalized spacial score (nSPS) is 17.0. The van der Waals surface area contributed by atoms with Gasteiger partial charge in [0.05, 0.1) is 31.4 Å². The van der Waals surface area contributed by atoms with Crippen LogP contribution in [0.1, 0.15) is 47.6 Å². The molecule has 0 unspecified atom stereocenters. The van der Waals surface area contributed by atoms with E-state index in [-0.39, 0.29) is 47.3 Å². The number of benzene rings is 2. The first-order valence-electron chi connectivity index (χ1n) is 12.8. The number of anilines is 1. The minimum Gasteiger partial charge on any atom is -0.496 e. The predicted octanol–water partition coefficient (Wildman–Crippen LogP) is 3.15. The largest absolute Gasteiger partial charge is 0.496 e. The second-order valence-electron chi connectivity index (χ2n) is 9.64. The lowest BCUT2D eigenvalue weighted by molar-refractivity contribution is -0.146. The van der Waals surface area contributed by atoms with E-state index >= 15 is 0 Å². The topological polar surface area (TPSA) is 143 Å². The van der Waals surface area contributed by atoms with Gasteiger partial charge in [-0.15, -0.1) is 0 Å². The molecule has 3 N–H and O–H groups in total. The molecule has 4 aromatic rings. The Hall–Kier alpha value is -4.74. The van der Waals surface area contributed by atoms with Gasteiger partial charge < -0.3 is 20.5 Å². The summed E-state index contributed by atoms with van der Waals surface area (Å²) in [5.41, 5.74) is 8.16. The SMILES string of the molecule is COC(=O)C1CCC(n2c(=O)n(-c3ccc(CNC(=O)c4cc(F)ccc4OC)cc3)c3c(N)ncnc32)CC1. The van der Waals surface area contributed by atoms with Crippen LogP contribution in [0.3, 0.4) is 0 Å². The molecule has 2 aromatic carbocycles. The number of methoxy groups -OCH3 is 2. The van der Waals surface area contributed by atoms with Crippen molar-refractivity contribution in [2.75, 3.05) is 20.0 Å². The van der Waals surface area contributed by atoms with Gasteiger partial charge in [-0.05, 0) is 61.6 Å². The highest BCUT2D eigenvalue weighted by Crippen LogP contribution is 2.34. The van der Waals surface area contributed by atoms with Crippen LogP contribution >= 0.6 is 0 Å². The van der Waals surface area contributed by atoms with Crippen molar-refractivity contribution in [3.05, 3.63) is 76.2 Å². The average Bonchev–Trinajstić information content (AvgIpc) is 3.28. The highest BCUT2D eigenvalue weighted by atomic mass is 19.1. The fourth-order valence-electron chi connectivity index (χ4n) is 5.27. The number of ether oxygens (including phenoxy) is 2. The minimum atomic E-state index is -0.542. The van der Waals surface area contributed by atoms with Gasteiger partial charge in [0.15, 0.2) is 11.5 Å². The first-order valence-corrected chi connectivity index (χ1v) is 12.8. The number of halogens is 1. The Bertz CT molecular complexity index is 1620. The Labute approximate surface area is 228 Å². The Kier molecular flexibility index (Phi) is 7.50. The van der Waals surface area contributed by atoms with E-state index in [1.165, 1.54) is 37.2 Å². The number of nitrogens with two attached hydrogens (primary N) is 1. The Balaban J connectivity index is 1.40. The van der Waals surface area contributed by atoms with Crippen molar-refractivity contribution < 1.29 is 23.5 Å². The summed E-state index contributed by atoms with van der Waals surface area (Å²) in [6, 6.07) is 10.6. The number of nitrogen functional groups attached to an aromatic ring is 1. The van der Waals surface area contributed by atoms with Gasteiger partial charge in [0.25, 0.3) is 5.91 Å². The number of hydrogen-bond donors (Lipinski definition) is 2. The molecule has 12 heteroatoms. The van der Waals surface area contributed by atoms with E-state index in [4.69, 9.17) is 15.2 Å². The molecule has 40 heavy (non-hydrogen) atoms. The van der Waals surface area contributed by atoms with Crippen molar-refractivity contribution in [3.8, 4) is 11.4 Å². The van der Waals surface area contributed by atoms with Crippen molar-refractivity contribution in [3.63, 3.8) is 0 Å². The molecular weight excluding hydrogens is 519 g/mol. The van der Waals surface area contributed by atoms with Crippen LogP contribution in [0.4, 0.5) is 10.2 Å². The molecule has 0 aliphatic heterocycles. The second kappa shape index (κ2) is 11.2. The number of rotatable bonds is 7. The van der Waals surface area contributed by atoms with Crippen LogP contribution in [-0.4, -0.2) is 45.2 Å². The van der Waals surface area contributed by atoms with Crippen molar-refractivity contribution in [2.24, 2.45) is 5.92 Å². The number of hydrogen-bond acceptors (Lipinski definition) is 8. The maximum absolute atomic E-state index is 13.8. The van der Waals surface area contributed by atoms with E-state index in [0.29, 0.717) is 42.5 Å². The summed E-state index contributed by atoms with van der Waals surface area (Å²) >= 11 is 0. The van der Waals surface area contributed by atoms with E-state index < -0.39 is 11.7 Å². The predicted molar refractivity (Wildman–Crippen MR) is 145 cm³/mol. The number of aromatic nitrogens is 4. The van der Waals surface area contributed by atoms with Crippen molar-refractivity contribution >= 4 is 28.9 Å². The third-order valence-corrected chi connectivity index (χ3v) is 7.33.